The first-order chi connectivity index (χ1) is 13.6. The van der Waals surface area contributed by atoms with Gasteiger partial charge >= 0.3 is 0 Å². The van der Waals surface area contributed by atoms with Crippen LogP contribution in [0.4, 0.5) is 11.4 Å². The van der Waals surface area contributed by atoms with Gasteiger partial charge in [0.2, 0.25) is 0 Å². The van der Waals surface area contributed by atoms with Crippen molar-refractivity contribution in [3.8, 4) is 10.8 Å². The van der Waals surface area contributed by atoms with Crippen molar-refractivity contribution in [3.05, 3.63) is 76.0 Å². The van der Waals surface area contributed by atoms with E-state index in [1.165, 1.54) is 28.4 Å². The largest absolute Gasteiger partial charge is 0.448 e. The van der Waals surface area contributed by atoms with Gasteiger partial charge in [-0.15, -0.1) is 11.3 Å². The molecule has 0 saturated heterocycles. The van der Waals surface area contributed by atoms with Crippen LogP contribution in [0, 0.1) is 10.1 Å². The van der Waals surface area contributed by atoms with Gasteiger partial charge in [0.15, 0.2) is 16.5 Å². The summed E-state index contributed by atoms with van der Waals surface area (Å²) < 4.78 is 6.83. The number of aromatic nitrogens is 1. The van der Waals surface area contributed by atoms with Crippen molar-refractivity contribution >= 4 is 38.8 Å². The Kier molecular flexibility index (Phi) is 3.73. The lowest BCUT2D eigenvalue weighted by Gasteiger charge is -2.15. The van der Waals surface area contributed by atoms with Crippen molar-refractivity contribution in [1.82, 2.24) is 4.98 Å². The van der Waals surface area contributed by atoms with Gasteiger partial charge in [0.1, 0.15) is 0 Å². The molecule has 4 aromatic rings. The minimum absolute atomic E-state index is 0.0342. The number of anilines is 1. The molecule has 8 heteroatoms. The van der Waals surface area contributed by atoms with Crippen LogP contribution in [0.1, 0.15) is 16.1 Å². The number of benzene rings is 2. The number of carbonyl (C=O) groups excluding carboxylic acids is 1. The summed E-state index contributed by atoms with van der Waals surface area (Å²) in [7, 11) is 0. The standard InChI is InChI=1S/C20H13N3O4S/c24-20(22-10-9-12-5-6-13(23(25)26)11-15(12)22)17-8-7-16(27-17)19-21-14-3-1-2-4-18(14)28-19/h1-8,11H,9-10H2. The maximum atomic E-state index is 13.0. The number of carbonyl (C=O) groups is 1. The van der Waals surface area contributed by atoms with Crippen LogP contribution < -0.4 is 4.90 Å². The first kappa shape index (κ1) is 16.6. The quantitative estimate of drug-likeness (QED) is 0.374. The van der Waals surface area contributed by atoms with Gasteiger partial charge in [-0.2, -0.15) is 0 Å². The summed E-state index contributed by atoms with van der Waals surface area (Å²) >= 11 is 1.50. The molecule has 0 bridgehead atoms. The first-order valence-corrected chi connectivity index (χ1v) is 9.47. The molecule has 0 spiro atoms. The Morgan fingerprint density at radius 2 is 2.04 bits per heavy atom. The molecule has 0 saturated carbocycles. The average molecular weight is 391 g/mol. The molecule has 0 aliphatic carbocycles. The Morgan fingerprint density at radius 3 is 2.86 bits per heavy atom. The molecule has 0 radical (unpaired) electrons. The molecule has 2 aromatic carbocycles. The highest BCUT2D eigenvalue weighted by atomic mass is 32.1. The highest BCUT2D eigenvalue weighted by Crippen LogP contribution is 2.35. The zero-order valence-corrected chi connectivity index (χ0v) is 15.3. The van der Waals surface area contributed by atoms with Crippen LogP contribution in [0.3, 0.4) is 0 Å². The third kappa shape index (κ3) is 2.66. The molecule has 0 N–H and O–H groups in total. The van der Waals surface area contributed by atoms with E-state index < -0.39 is 4.92 Å². The summed E-state index contributed by atoms with van der Waals surface area (Å²) in [5.41, 5.74) is 2.33. The Labute approximate surface area is 163 Å². The van der Waals surface area contributed by atoms with E-state index in [0.717, 1.165) is 15.8 Å². The zero-order valence-electron chi connectivity index (χ0n) is 14.5. The topological polar surface area (TPSA) is 89.5 Å². The van der Waals surface area contributed by atoms with Crippen LogP contribution in [-0.4, -0.2) is 22.4 Å². The van der Waals surface area contributed by atoms with Gasteiger partial charge in [-0.05, 0) is 36.2 Å². The van der Waals surface area contributed by atoms with Crippen LogP contribution in [0.15, 0.2) is 59.0 Å². The maximum Gasteiger partial charge on any atom is 0.294 e. The van der Waals surface area contributed by atoms with E-state index in [-0.39, 0.29) is 17.4 Å². The Bertz CT molecular complexity index is 1210. The molecule has 0 unspecified atom stereocenters. The molecule has 1 amide bonds. The second-order valence-corrected chi connectivity index (χ2v) is 7.46. The third-order valence-corrected chi connectivity index (χ3v) is 5.79. The summed E-state index contributed by atoms with van der Waals surface area (Å²) in [6.45, 7) is 0.465. The first-order valence-electron chi connectivity index (χ1n) is 8.65. The van der Waals surface area contributed by atoms with Gasteiger partial charge in [0.25, 0.3) is 11.6 Å². The highest BCUT2D eigenvalue weighted by Gasteiger charge is 2.29. The number of para-hydroxylation sites is 1. The molecule has 7 nitrogen and oxygen atoms in total. The lowest BCUT2D eigenvalue weighted by Crippen LogP contribution is -2.28. The van der Waals surface area contributed by atoms with Crippen LogP contribution in [0.5, 0.6) is 0 Å². The smallest absolute Gasteiger partial charge is 0.294 e. The fraction of sp³-hybridized carbons (Fsp3) is 0.100. The molecule has 1 aliphatic rings. The fourth-order valence-corrected chi connectivity index (χ4v) is 4.30. The maximum absolute atomic E-state index is 13.0. The fourth-order valence-electron chi connectivity index (χ4n) is 3.37. The number of nitro groups is 1. The van der Waals surface area contributed by atoms with Crippen molar-refractivity contribution in [1.29, 1.82) is 0 Å². The number of hydrogen-bond donors (Lipinski definition) is 0. The molecule has 2 aromatic heterocycles. The second kappa shape index (κ2) is 6.28. The van der Waals surface area contributed by atoms with Crippen molar-refractivity contribution in [2.75, 3.05) is 11.4 Å². The van der Waals surface area contributed by atoms with Gasteiger partial charge in [-0.1, -0.05) is 18.2 Å². The lowest BCUT2D eigenvalue weighted by molar-refractivity contribution is -0.384. The van der Waals surface area contributed by atoms with E-state index in [4.69, 9.17) is 4.42 Å². The number of furan rings is 1. The Balaban J connectivity index is 1.46. The van der Waals surface area contributed by atoms with Gasteiger partial charge in [-0.25, -0.2) is 4.98 Å². The number of thiazole rings is 1. The molecule has 0 fully saturated rings. The highest BCUT2D eigenvalue weighted by molar-refractivity contribution is 7.21. The number of non-ortho nitro benzene ring substituents is 1. The predicted molar refractivity (Wildman–Crippen MR) is 106 cm³/mol. The molecule has 0 atom stereocenters. The monoisotopic (exact) mass is 391 g/mol. The van der Waals surface area contributed by atoms with Gasteiger partial charge in [-0.3, -0.25) is 14.9 Å². The van der Waals surface area contributed by atoms with E-state index >= 15 is 0 Å². The van der Waals surface area contributed by atoms with Crippen LogP contribution in [0.25, 0.3) is 21.0 Å². The molecular weight excluding hydrogens is 378 g/mol. The van der Waals surface area contributed by atoms with Crippen LogP contribution in [-0.2, 0) is 6.42 Å². The van der Waals surface area contributed by atoms with Crippen LogP contribution in [0.2, 0.25) is 0 Å². The normalized spacial score (nSPS) is 13.1. The summed E-state index contributed by atoms with van der Waals surface area (Å²) in [4.78, 5) is 29.6. The molecule has 28 heavy (non-hydrogen) atoms. The molecule has 138 valence electrons. The van der Waals surface area contributed by atoms with Crippen LogP contribution >= 0.6 is 11.3 Å². The second-order valence-electron chi connectivity index (χ2n) is 6.43. The zero-order chi connectivity index (χ0) is 19.3. The minimum Gasteiger partial charge on any atom is -0.448 e. The number of amides is 1. The van der Waals surface area contributed by atoms with Gasteiger partial charge in [0, 0.05) is 18.7 Å². The summed E-state index contributed by atoms with van der Waals surface area (Å²) in [6.07, 6.45) is 0.657. The third-order valence-electron chi connectivity index (χ3n) is 4.74. The van der Waals surface area contributed by atoms with E-state index in [9.17, 15) is 14.9 Å². The molecule has 5 rings (SSSR count). The number of fused-ring (bicyclic) bond motifs is 2. The number of hydrogen-bond acceptors (Lipinski definition) is 6. The summed E-state index contributed by atoms with van der Waals surface area (Å²) in [6, 6.07) is 15.8. The molecule has 1 aliphatic heterocycles. The van der Waals surface area contributed by atoms with Crippen molar-refractivity contribution in [3.63, 3.8) is 0 Å². The van der Waals surface area contributed by atoms with Gasteiger partial charge in [0.05, 0.1) is 20.8 Å². The lowest BCUT2D eigenvalue weighted by atomic mass is 10.1. The molecular formula is C20H13N3O4S. The average Bonchev–Trinajstić information content (AvgIpc) is 3.43. The van der Waals surface area contributed by atoms with E-state index in [0.29, 0.717) is 29.4 Å². The Hall–Kier alpha value is -3.52. The predicted octanol–water partition coefficient (Wildman–Crippen LogP) is 4.67. The number of nitro benzene ring substituents is 1. The van der Waals surface area contributed by atoms with Gasteiger partial charge < -0.3 is 9.32 Å². The van der Waals surface area contributed by atoms with E-state index in [2.05, 4.69) is 4.98 Å². The number of rotatable bonds is 3. The van der Waals surface area contributed by atoms with E-state index in [1.54, 1.807) is 18.2 Å². The SMILES string of the molecule is O=C(c1ccc(-c2nc3ccccc3s2)o1)N1CCc2ccc([N+](=O)[O-])cc21. The minimum atomic E-state index is -0.459. The molecule has 3 heterocycles. The van der Waals surface area contributed by atoms with Crippen molar-refractivity contribution < 1.29 is 14.1 Å². The summed E-state index contributed by atoms with van der Waals surface area (Å²) in [5.74, 6) is 0.406. The summed E-state index contributed by atoms with van der Waals surface area (Å²) in [5, 5.41) is 11.8. The van der Waals surface area contributed by atoms with Crippen molar-refractivity contribution in [2.24, 2.45) is 0 Å². The van der Waals surface area contributed by atoms with Crippen molar-refractivity contribution in [2.45, 2.75) is 6.42 Å². The van der Waals surface area contributed by atoms with E-state index in [1.807, 2.05) is 24.3 Å². The number of nitrogens with zero attached hydrogens (tertiary/aromatic N) is 3. The Morgan fingerprint density at radius 1 is 1.18 bits per heavy atom.